The Balaban J connectivity index is 2.00. The molecule has 122 valence electrons. The molecule has 8 heteroatoms. The Bertz CT molecular complexity index is 849. The molecular weight excluding hydrogens is 333 g/mol. The predicted molar refractivity (Wildman–Crippen MR) is 76.2 cm³/mol. The summed E-state index contributed by atoms with van der Waals surface area (Å²) in [7, 11) is -5.69. The Morgan fingerprint density at radius 2 is 1.96 bits per heavy atom. The first kappa shape index (κ1) is 15.7. The third-order valence-electron chi connectivity index (χ3n) is 3.41. The Hall–Kier alpha value is -2.22. The van der Waals surface area contributed by atoms with Gasteiger partial charge in [-0.05, 0) is 48.2 Å². The number of halogens is 3. The highest BCUT2D eigenvalue weighted by Crippen LogP contribution is 2.35. The fraction of sp³-hybridized carbons (Fsp3) is 0.200. The van der Waals surface area contributed by atoms with Gasteiger partial charge in [-0.15, -0.1) is 0 Å². The lowest BCUT2D eigenvalue weighted by molar-refractivity contribution is -0.0500. The number of benzene rings is 1. The van der Waals surface area contributed by atoms with E-state index in [4.69, 9.17) is 4.42 Å². The van der Waals surface area contributed by atoms with Gasteiger partial charge < -0.3 is 8.60 Å². The van der Waals surface area contributed by atoms with Gasteiger partial charge in [0.15, 0.2) is 0 Å². The molecule has 0 saturated carbocycles. The summed E-state index contributed by atoms with van der Waals surface area (Å²) < 4.78 is 69.0. The van der Waals surface area contributed by atoms with E-state index in [1.807, 2.05) is 6.08 Å². The average Bonchev–Trinajstić information content (AvgIpc) is 2.99. The quantitative estimate of drug-likeness (QED) is 0.626. The lowest BCUT2D eigenvalue weighted by Gasteiger charge is -2.18. The third-order valence-corrected chi connectivity index (χ3v) is 4.39. The van der Waals surface area contributed by atoms with Crippen LogP contribution < -0.4 is 4.18 Å². The highest BCUT2D eigenvalue weighted by Gasteiger charge is 2.48. The molecule has 0 N–H and O–H groups in total. The molecule has 0 aliphatic heterocycles. The maximum Gasteiger partial charge on any atom is 0.534 e. The van der Waals surface area contributed by atoms with Crippen LogP contribution in [0.5, 0.6) is 5.75 Å². The number of furan rings is 1. The van der Waals surface area contributed by atoms with E-state index in [9.17, 15) is 21.6 Å². The van der Waals surface area contributed by atoms with Crippen LogP contribution in [0.3, 0.4) is 0 Å². The molecule has 0 radical (unpaired) electrons. The van der Waals surface area contributed by atoms with Crippen molar-refractivity contribution in [3.8, 4) is 5.75 Å². The van der Waals surface area contributed by atoms with E-state index in [1.165, 1.54) is 18.4 Å². The van der Waals surface area contributed by atoms with E-state index in [-0.39, 0.29) is 5.75 Å². The third kappa shape index (κ3) is 2.98. The smallest absolute Gasteiger partial charge is 0.464 e. The first-order chi connectivity index (χ1) is 10.8. The Kier molecular flexibility index (Phi) is 3.71. The zero-order chi connectivity index (χ0) is 16.7. The van der Waals surface area contributed by atoms with Gasteiger partial charge in [-0.3, -0.25) is 0 Å². The van der Waals surface area contributed by atoms with Crippen LogP contribution in [-0.4, -0.2) is 13.9 Å². The molecule has 0 unspecified atom stereocenters. The monoisotopic (exact) mass is 344 g/mol. The van der Waals surface area contributed by atoms with Crippen molar-refractivity contribution >= 4 is 15.7 Å². The minimum absolute atomic E-state index is 0.388. The van der Waals surface area contributed by atoms with Crippen molar-refractivity contribution in [2.24, 2.45) is 0 Å². The summed E-state index contributed by atoms with van der Waals surface area (Å²) in [6.45, 7) is 0. The van der Waals surface area contributed by atoms with Gasteiger partial charge in [-0.2, -0.15) is 21.6 Å². The minimum atomic E-state index is -5.69. The molecule has 0 amide bonds. The average molecular weight is 344 g/mol. The molecule has 23 heavy (non-hydrogen) atoms. The molecule has 2 aromatic rings. The number of fused-ring (bicyclic) bond motifs is 1. The van der Waals surface area contributed by atoms with E-state index in [1.54, 1.807) is 18.2 Å². The number of allylic oxidation sites excluding steroid dienone is 1. The van der Waals surface area contributed by atoms with Gasteiger partial charge in [0, 0.05) is 5.57 Å². The van der Waals surface area contributed by atoms with Crippen LogP contribution in [0.4, 0.5) is 13.2 Å². The number of hydrogen-bond acceptors (Lipinski definition) is 4. The van der Waals surface area contributed by atoms with Gasteiger partial charge >= 0.3 is 15.6 Å². The van der Waals surface area contributed by atoms with Crippen LogP contribution >= 0.6 is 0 Å². The highest BCUT2D eigenvalue weighted by atomic mass is 32.2. The summed E-state index contributed by atoms with van der Waals surface area (Å²) in [5.74, 6) is 0.169. The molecule has 0 atom stereocenters. The fourth-order valence-electron chi connectivity index (χ4n) is 2.40. The van der Waals surface area contributed by atoms with Gasteiger partial charge in [0.05, 0.1) is 6.26 Å². The second-order valence-electron chi connectivity index (χ2n) is 4.94. The van der Waals surface area contributed by atoms with Gasteiger partial charge in [0.1, 0.15) is 11.5 Å². The van der Waals surface area contributed by atoms with Crippen molar-refractivity contribution < 1.29 is 30.2 Å². The highest BCUT2D eigenvalue weighted by molar-refractivity contribution is 7.88. The molecule has 1 aliphatic carbocycles. The SMILES string of the molecule is O=S(=O)(Oc1ccc2c(c1)C(c1ccco1)=CCC2)C(F)(F)F. The van der Waals surface area contributed by atoms with Gasteiger partial charge in [-0.1, -0.05) is 12.1 Å². The molecule has 0 bridgehead atoms. The number of aryl methyl sites for hydroxylation is 1. The summed E-state index contributed by atoms with van der Waals surface area (Å²) in [5.41, 5.74) is -3.29. The first-order valence-electron chi connectivity index (χ1n) is 6.66. The van der Waals surface area contributed by atoms with E-state index in [0.717, 1.165) is 12.0 Å². The molecule has 1 aromatic heterocycles. The molecule has 0 saturated heterocycles. The topological polar surface area (TPSA) is 56.5 Å². The first-order valence-corrected chi connectivity index (χ1v) is 8.07. The Labute approximate surface area is 130 Å². The van der Waals surface area contributed by atoms with Gasteiger partial charge in [0.2, 0.25) is 0 Å². The molecule has 1 heterocycles. The van der Waals surface area contributed by atoms with Crippen LogP contribution in [0.15, 0.2) is 47.1 Å². The maximum absolute atomic E-state index is 12.4. The van der Waals surface area contributed by atoms with Gasteiger partial charge in [0.25, 0.3) is 0 Å². The summed E-state index contributed by atoms with van der Waals surface area (Å²) in [6, 6.07) is 7.48. The van der Waals surface area contributed by atoms with Crippen molar-refractivity contribution in [1.82, 2.24) is 0 Å². The Morgan fingerprint density at radius 3 is 2.61 bits per heavy atom. The molecular formula is C15H11F3O4S. The van der Waals surface area contributed by atoms with E-state index in [2.05, 4.69) is 4.18 Å². The number of rotatable bonds is 3. The summed E-state index contributed by atoms with van der Waals surface area (Å²) in [6.07, 6.45) is 4.83. The largest absolute Gasteiger partial charge is 0.534 e. The van der Waals surface area contributed by atoms with E-state index >= 15 is 0 Å². The lowest BCUT2D eigenvalue weighted by atomic mass is 9.89. The second-order valence-corrected chi connectivity index (χ2v) is 6.47. The maximum atomic E-state index is 12.4. The molecule has 0 fully saturated rings. The van der Waals surface area contributed by atoms with Crippen molar-refractivity contribution in [2.75, 3.05) is 0 Å². The number of alkyl halides is 3. The van der Waals surface area contributed by atoms with Crippen LogP contribution in [-0.2, 0) is 16.5 Å². The van der Waals surface area contributed by atoms with Crippen molar-refractivity contribution in [3.63, 3.8) is 0 Å². The van der Waals surface area contributed by atoms with Crippen molar-refractivity contribution in [1.29, 1.82) is 0 Å². The lowest BCUT2D eigenvalue weighted by Crippen LogP contribution is -2.28. The number of hydrogen-bond donors (Lipinski definition) is 0. The van der Waals surface area contributed by atoms with Crippen LogP contribution in [0.2, 0.25) is 0 Å². The molecule has 0 spiro atoms. The van der Waals surface area contributed by atoms with Gasteiger partial charge in [-0.25, -0.2) is 0 Å². The van der Waals surface area contributed by atoms with Crippen molar-refractivity contribution in [3.05, 3.63) is 59.6 Å². The van der Waals surface area contributed by atoms with Crippen LogP contribution in [0.1, 0.15) is 23.3 Å². The Morgan fingerprint density at radius 1 is 1.17 bits per heavy atom. The summed E-state index contributed by atoms with van der Waals surface area (Å²) in [5, 5.41) is 0. The van der Waals surface area contributed by atoms with E-state index < -0.39 is 15.6 Å². The van der Waals surface area contributed by atoms with Crippen molar-refractivity contribution in [2.45, 2.75) is 18.3 Å². The summed E-state index contributed by atoms with van der Waals surface area (Å²) >= 11 is 0. The molecule has 3 rings (SSSR count). The molecule has 4 nitrogen and oxygen atoms in total. The fourth-order valence-corrected chi connectivity index (χ4v) is 2.85. The van der Waals surface area contributed by atoms with Crippen LogP contribution in [0, 0.1) is 0 Å². The zero-order valence-electron chi connectivity index (χ0n) is 11.6. The van der Waals surface area contributed by atoms with Crippen LogP contribution in [0.25, 0.3) is 5.57 Å². The van der Waals surface area contributed by atoms with E-state index in [0.29, 0.717) is 23.3 Å². The second kappa shape index (κ2) is 5.45. The molecule has 1 aliphatic rings. The standard InChI is InChI=1S/C15H11F3O4S/c16-15(17,18)23(19,20)22-11-7-6-10-3-1-4-12(13(10)9-11)14-5-2-8-21-14/h2,4-9H,1,3H2. The molecule has 1 aromatic carbocycles. The minimum Gasteiger partial charge on any atom is -0.464 e. The predicted octanol–water partition coefficient (Wildman–Crippen LogP) is 3.89. The normalized spacial score (nSPS) is 15.0. The zero-order valence-corrected chi connectivity index (χ0v) is 12.4. The summed E-state index contributed by atoms with van der Waals surface area (Å²) in [4.78, 5) is 0.